The Labute approximate surface area is 138 Å². The fraction of sp³-hybridized carbons (Fsp3) is 0.312. The quantitative estimate of drug-likeness (QED) is 0.720. The first-order valence-electron chi connectivity index (χ1n) is 7.92. The van der Waals surface area contributed by atoms with Crippen molar-refractivity contribution in [3.05, 3.63) is 54.0 Å². The Morgan fingerprint density at radius 1 is 1.25 bits per heavy atom. The van der Waals surface area contributed by atoms with Crippen LogP contribution in [-0.2, 0) is 19.5 Å². The zero-order chi connectivity index (χ0) is 16.5. The summed E-state index contributed by atoms with van der Waals surface area (Å²) in [7, 11) is 0. The molecule has 1 aliphatic rings. The van der Waals surface area contributed by atoms with Crippen molar-refractivity contribution >= 4 is 5.91 Å². The van der Waals surface area contributed by atoms with Gasteiger partial charge in [-0.2, -0.15) is 5.10 Å². The summed E-state index contributed by atoms with van der Waals surface area (Å²) in [6, 6.07) is 5.40. The lowest BCUT2D eigenvalue weighted by atomic mass is 10.2. The van der Waals surface area contributed by atoms with Gasteiger partial charge in [0.05, 0.1) is 12.1 Å². The van der Waals surface area contributed by atoms with Crippen LogP contribution in [0.2, 0.25) is 0 Å². The molecule has 4 heterocycles. The second kappa shape index (κ2) is 5.88. The molecular formula is C16H17N7O. The van der Waals surface area contributed by atoms with Crippen molar-refractivity contribution in [1.82, 2.24) is 34.4 Å². The van der Waals surface area contributed by atoms with Gasteiger partial charge >= 0.3 is 0 Å². The number of hydrogen-bond donors (Lipinski definition) is 0. The van der Waals surface area contributed by atoms with Crippen LogP contribution in [0, 0.1) is 0 Å². The second-order valence-electron chi connectivity index (χ2n) is 5.62. The maximum absolute atomic E-state index is 12.7. The Kier molecular flexibility index (Phi) is 3.56. The number of rotatable bonds is 3. The highest BCUT2D eigenvalue weighted by Crippen LogP contribution is 2.16. The van der Waals surface area contributed by atoms with Crippen LogP contribution in [-0.4, -0.2) is 46.9 Å². The first kappa shape index (κ1) is 14.6. The van der Waals surface area contributed by atoms with E-state index in [1.165, 1.54) is 0 Å². The number of pyridine rings is 1. The lowest BCUT2D eigenvalue weighted by Gasteiger charge is -2.27. The molecule has 0 spiro atoms. The van der Waals surface area contributed by atoms with Crippen LogP contribution in [0.25, 0.3) is 5.82 Å². The standard InChI is InChI=1S/C16H17N7O/c1-2-13-19-20-15-11-21(8-9-22(13)15)16(24)12-4-5-14(17-10-12)23-7-3-6-18-23/h3-7,10H,2,8-9,11H2,1H3. The molecule has 0 N–H and O–H groups in total. The molecule has 0 fully saturated rings. The predicted octanol–water partition coefficient (Wildman–Crippen LogP) is 1.08. The fourth-order valence-corrected chi connectivity index (χ4v) is 2.89. The lowest BCUT2D eigenvalue weighted by molar-refractivity contribution is 0.0706. The smallest absolute Gasteiger partial charge is 0.255 e. The normalized spacial score (nSPS) is 13.8. The van der Waals surface area contributed by atoms with Crippen molar-refractivity contribution in [1.29, 1.82) is 0 Å². The zero-order valence-corrected chi connectivity index (χ0v) is 13.3. The van der Waals surface area contributed by atoms with Crippen molar-refractivity contribution in [2.24, 2.45) is 0 Å². The van der Waals surface area contributed by atoms with Crippen LogP contribution in [0.4, 0.5) is 0 Å². The van der Waals surface area contributed by atoms with Gasteiger partial charge in [-0.3, -0.25) is 4.79 Å². The van der Waals surface area contributed by atoms with Gasteiger partial charge < -0.3 is 9.47 Å². The molecule has 24 heavy (non-hydrogen) atoms. The maximum atomic E-state index is 12.7. The Morgan fingerprint density at radius 3 is 2.88 bits per heavy atom. The highest BCUT2D eigenvalue weighted by atomic mass is 16.2. The van der Waals surface area contributed by atoms with E-state index in [9.17, 15) is 4.79 Å². The maximum Gasteiger partial charge on any atom is 0.255 e. The van der Waals surface area contributed by atoms with Crippen LogP contribution in [0.15, 0.2) is 36.8 Å². The highest BCUT2D eigenvalue weighted by molar-refractivity contribution is 5.94. The average molecular weight is 323 g/mol. The third kappa shape index (κ3) is 2.45. The average Bonchev–Trinajstić information content (AvgIpc) is 3.30. The molecule has 1 aliphatic heterocycles. The number of aryl methyl sites for hydroxylation is 1. The minimum atomic E-state index is -0.0400. The van der Waals surface area contributed by atoms with Crippen molar-refractivity contribution in [2.45, 2.75) is 26.4 Å². The second-order valence-corrected chi connectivity index (χ2v) is 5.62. The molecule has 8 heteroatoms. The van der Waals surface area contributed by atoms with E-state index in [4.69, 9.17) is 0 Å². The summed E-state index contributed by atoms with van der Waals surface area (Å²) in [5, 5.41) is 12.5. The van der Waals surface area contributed by atoms with E-state index in [2.05, 4.69) is 31.8 Å². The molecule has 0 aromatic carbocycles. The number of amides is 1. The Morgan fingerprint density at radius 2 is 2.17 bits per heavy atom. The molecule has 0 radical (unpaired) electrons. The third-order valence-electron chi connectivity index (χ3n) is 4.17. The number of carbonyl (C=O) groups excluding carboxylic acids is 1. The van der Waals surface area contributed by atoms with Gasteiger partial charge in [0.15, 0.2) is 11.6 Å². The molecule has 122 valence electrons. The molecule has 8 nitrogen and oxygen atoms in total. The van der Waals surface area contributed by atoms with Gasteiger partial charge in [-0.15, -0.1) is 10.2 Å². The van der Waals surface area contributed by atoms with Gasteiger partial charge in [0, 0.05) is 38.1 Å². The molecule has 3 aromatic heterocycles. The summed E-state index contributed by atoms with van der Waals surface area (Å²) in [5.74, 6) is 2.46. The molecule has 0 bridgehead atoms. The van der Waals surface area contributed by atoms with Crippen molar-refractivity contribution < 1.29 is 4.79 Å². The Bertz CT molecular complexity index is 851. The summed E-state index contributed by atoms with van der Waals surface area (Å²) >= 11 is 0. The zero-order valence-electron chi connectivity index (χ0n) is 13.3. The Hall–Kier alpha value is -3.03. The van der Waals surface area contributed by atoms with E-state index in [0.29, 0.717) is 24.5 Å². The number of carbonyl (C=O) groups is 1. The first-order chi connectivity index (χ1) is 11.8. The molecule has 0 unspecified atom stereocenters. The van der Waals surface area contributed by atoms with Crippen molar-refractivity contribution in [3.8, 4) is 5.82 Å². The molecule has 0 atom stereocenters. The summed E-state index contributed by atoms with van der Waals surface area (Å²) in [4.78, 5) is 18.8. The summed E-state index contributed by atoms with van der Waals surface area (Å²) in [6.07, 6.45) is 5.94. The van der Waals surface area contributed by atoms with E-state index in [-0.39, 0.29) is 5.91 Å². The molecule has 3 aromatic rings. The molecule has 0 saturated carbocycles. The Balaban J connectivity index is 1.52. The molecule has 4 rings (SSSR count). The summed E-state index contributed by atoms with van der Waals surface area (Å²) in [5.41, 5.74) is 0.564. The van der Waals surface area contributed by atoms with E-state index in [1.807, 2.05) is 12.3 Å². The molecule has 0 saturated heterocycles. The van der Waals surface area contributed by atoms with Crippen LogP contribution in [0.3, 0.4) is 0 Å². The lowest BCUT2D eigenvalue weighted by Crippen LogP contribution is -2.38. The number of aromatic nitrogens is 6. The van der Waals surface area contributed by atoms with Gasteiger partial charge in [0.2, 0.25) is 0 Å². The molecule has 0 aliphatic carbocycles. The minimum absolute atomic E-state index is 0.0400. The number of fused-ring (bicyclic) bond motifs is 1. The highest BCUT2D eigenvalue weighted by Gasteiger charge is 2.24. The topological polar surface area (TPSA) is 81.7 Å². The van der Waals surface area contributed by atoms with E-state index in [0.717, 1.165) is 24.6 Å². The summed E-state index contributed by atoms with van der Waals surface area (Å²) < 4.78 is 3.76. The number of hydrogen-bond acceptors (Lipinski definition) is 5. The largest absolute Gasteiger partial charge is 0.329 e. The fourth-order valence-electron chi connectivity index (χ4n) is 2.89. The van der Waals surface area contributed by atoms with Gasteiger partial charge in [0.1, 0.15) is 5.82 Å². The van der Waals surface area contributed by atoms with Crippen LogP contribution < -0.4 is 0 Å². The monoisotopic (exact) mass is 323 g/mol. The van der Waals surface area contributed by atoms with Crippen LogP contribution >= 0.6 is 0 Å². The van der Waals surface area contributed by atoms with Gasteiger partial charge in [0.25, 0.3) is 5.91 Å². The van der Waals surface area contributed by atoms with Gasteiger partial charge in [-0.1, -0.05) is 6.92 Å². The SMILES string of the molecule is CCc1nnc2n1CCN(C(=O)c1ccc(-n3cccn3)nc1)C2. The molecule has 1 amide bonds. The van der Waals surface area contributed by atoms with E-state index in [1.54, 1.807) is 34.1 Å². The summed E-state index contributed by atoms with van der Waals surface area (Å²) in [6.45, 7) is 3.92. The third-order valence-corrected chi connectivity index (χ3v) is 4.17. The van der Waals surface area contributed by atoms with E-state index >= 15 is 0 Å². The number of nitrogens with zero attached hydrogens (tertiary/aromatic N) is 7. The van der Waals surface area contributed by atoms with Crippen molar-refractivity contribution in [2.75, 3.05) is 6.54 Å². The first-order valence-corrected chi connectivity index (χ1v) is 7.92. The van der Waals surface area contributed by atoms with Gasteiger partial charge in [-0.05, 0) is 18.2 Å². The minimum Gasteiger partial charge on any atom is -0.329 e. The van der Waals surface area contributed by atoms with E-state index < -0.39 is 0 Å². The van der Waals surface area contributed by atoms with Crippen molar-refractivity contribution in [3.63, 3.8) is 0 Å². The van der Waals surface area contributed by atoms with Gasteiger partial charge in [-0.25, -0.2) is 9.67 Å². The predicted molar refractivity (Wildman–Crippen MR) is 85.5 cm³/mol. The molecular weight excluding hydrogens is 306 g/mol. The van der Waals surface area contributed by atoms with Crippen LogP contribution in [0.1, 0.15) is 28.9 Å². The van der Waals surface area contributed by atoms with Crippen LogP contribution in [0.5, 0.6) is 0 Å².